The summed E-state index contributed by atoms with van der Waals surface area (Å²) in [5, 5.41) is 9.24. The lowest BCUT2D eigenvalue weighted by Gasteiger charge is -2.32. The van der Waals surface area contributed by atoms with Crippen LogP contribution in [0.25, 0.3) is 0 Å². The maximum absolute atomic E-state index is 11.2. The summed E-state index contributed by atoms with van der Waals surface area (Å²) < 4.78 is 0. The lowest BCUT2D eigenvalue weighted by Crippen LogP contribution is -2.47. The summed E-state index contributed by atoms with van der Waals surface area (Å²) in [5.74, 6) is -0.0866. The van der Waals surface area contributed by atoms with E-state index in [1.54, 1.807) is 13.8 Å². The number of carbonyl (C=O) groups is 1. The van der Waals surface area contributed by atoms with Crippen molar-refractivity contribution in [1.29, 1.82) is 0 Å². The summed E-state index contributed by atoms with van der Waals surface area (Å²) in [6.07, 6.45) is 2.53. The number of hydrogen-bond acceptors (Lipinski definition) is 2. The van der Waals surface area contributed by atoms with Gasteiger partial charge in [-0.1, -0.05) is 24.3 Å². The van der Waals surface area contributed by atoms with Crippen LogP contribution in [0.2, 0.25) is 0 Å². The summed E-state index contributed by atoms with van der Waals surface area (Å²) in [4.78, 5) is 13.1. The molecule has 1 fully saturated rings. The van der Waals surface area contributed by atoms with Crippen LogP contribution in [0, 0.1) is 0 Å². The molecular weight excluding hydrogens is 226 g/mol. The van der Waals surface area contributed by atoms with Crippen molar-refractivity contribution in [3.8, 4) is 0 Å². The molecule has 1 saturated carbocycles. The average molecular weight is 247 g/mol. The Morgan fingerprint density at radius 2 is 2.00 bits per heavy atom. The van der Waals surface area contributed by atoms with Crippen molar-refractivity contribution < 1.29 is 9.90 Å². The molecule has 0 atom stereocenters. The second-order valence-corrected chi connectivity index (χ2v) is 5.69. The van der Waals surface area contributed by atoms with E-state index in [1.807, 2.05) is 18.0 Å². The van der Waals surface area contributed by atoms with Gasteiger partial charge in [-0.2, -0.15) is 0 Å². The van der Waals surface area contributed by atoms with Gasteiger partial charge < -0.3 is 5.11 Å². The molecule has 3 heteroatoms. The highest BCUT2D eigenvalue weighted by Gasteiger charge is 2.33. The minimum atomic E-state index is -0.837. The Hall–Kier alpha value is -1.35. The highest BCUT2D eigenvalue weighted by atomic mass is 16.4. The third-order valence-electron chi connectivity index (χ3n) is 3.96. The first-order chi connectivity index (χ1) is 8.43. The Morgan fingerprint density at radius 1 is 1.39 bits per heavy atom. The van der Waals surface area contributed by atoms with Gasteiger partial charge in [-0.25, -0.2) is 0 Å². The summed E-state index contributed by atoms with van der Waals surface area (Å²) in [6, 6.07) is 8.39. The third kappa shape index (κ3) is 2.56. The van der Waals surface area contributed by atoms with Gasteiger partial charge in [-0.3, -0.25) is 9.69 Å². The molecule has 0 aliphatic heterocycles. The molecule has 0 bridgehead atoms. The van der Waals surface area contributed by atoms with Gasteiger partial charge in [0, 0.05) is 6.54 Å². The highest BCUT2D eigenvalue weighted by Crippen LogP contribution is 2.41. The van der Waals surface area contributed by atoms with Gasteiger partial charge in [-0.15, -0.1) is 0 Å². The van der Waals surface area contributed by atoms with Crippen LogP contribution in [-0.4, -0.2) is 28.6 Å². The third-order valence-corrected chi connectivity index (χ3v) is 3.96. The fourth-order valence-electron chi connectivity index (χ4n) is 2.09. The predicted molar refractivity (Wildman–Crippen MR) is 71.6 cm³/mol. The fourth-order valence-corrected chi connectivity index (χ4v) is 2.09. The second kappa shape index (κ2) is 4.73. The van der Waals surface area contributed by atoms with E-state index in [2.05, 4.69) is 18.2 Å². The number of carboxylic acids is 1. The quantitative estimate of drug-likeness (QED) is 0.869. The summed E-state index contributed by atoms with van der Waals surface area (Å²) >= 11 is 0. The van der Waals surface area contributed by atoms with Crippen LogP contribution in [-0.2, 0) is 11.3 Å². The Morgan fingerprint density at radius 3 is 2.56 bits per heavy atom. The first-order valence-corrected chi connectivity index (χ1v) is 6.45. The minimum absolute atomic E-state index is 0.686. The van der Waals surface area contributed by atoms with Crippen LogP contribution in [0.15, 0.2) is 24.3 Å². The van der Waals surface area contributed by atoms with E-state index >= 15 is 0 Å². The number of aliphatic carboxylic acids is 1. The van der Waals surface area contributed by atoms with E-state index in [0.717, 1.165) is 0 Å². The molecule has 0 radical (unpaired) electrons. The molecule has 1 aromatic carbocycles. The standard InChI is InChI=1S/C15H21NO2/c1-15(2,14(17)18)16(3)10-12-6-4-5-7-13(12)11-8-9-11/h4-7,11H,8-10H2,1-3H3,(H,17,18). The molecule has 3 nitrogen and oxygen atoms in total. The van der Waals surface area contributed by atoms with E-state index in [-0.39, 0.29) is 0 Å². The van der Waals surface area contributed by atoms with Crippen molar-refractivity contribution in [3.63, 3.8) is 0 Å². The number of hydrogen-bond donors (Lipinski definition) is 1. The average Bonchev–Trinajstić information content (AvgIpc) is 3.13. The molecule has 0 spiro atoms. The van der Waals surface area contributed by atoms with Gasteiger partial charge in [-0.05, 0) is 50.8 Å². The Balaban J connectivity index is 2.16. The Labute approximate surface area is 108 Å². The zero-order valence-corrected chi connectivity index (χ0v) is 11.3. The van der Waals surface area contributed by atoms with E-state index in [0.29, 0.717) is 12.5 Å². The zero-order chi connectivity index (χ0) is 13.3. The summed E-state index contributed by atoms with van der Waals surface area (Å²) in [7, 11) is 1.87. The zero-order valence-electron chi connectivity index (χ0n) is 11.3. The molecule has 1 aliphatic rings. The first-order valence-electron chi connectivity index (χ1n) is 6.45. The van der Waals surface area contributed by atoms with Gasteiger partial charge >= 0.3 is 5.97 Å². The minimum Gasteiger partial charge on any atom is -0.480 e. The highest BCUT2D eigenvalue weighted by molar-refractivity contribution is 5.77. The molecule has 2 rings (SSSR count). The number of likely N-dealkylation sites (N-methyl/N-ethyl adjacent to an activating group) is 1. The van der Waals surface area contributed by atoms with Crippen LogP contribution >= 0.6 is 0 Å². The van der Waals surface area contributed by atoms with Crippen LogP contribution in [0.1, 0.15) is 43.7 Å². The monoisotopic (exact) mass is 247 g/mol. The predicted octanol–water partition coefficient (Wildman–Crippen LogP) is 2.86. The normalized spacial score (nSPS) is 16.0. The van der Waals surface area contributed by atoms with Gasteiger partial charge in [0.1, 0.15) is 5.54 Å². The largest absolute Gasteiger partial charge is 0.480 e. The van der Waals surface area contributed by atoms with Crippen LogP contribution in [0.4, 0.5) is 0 Å². The Bertz CT molecular complexity index is 450. The van der Waals surface area contributed by atoms with E-state index in [4.69, 9.17) is 0 Å². The number of rotatable bonds is 5. The van der Waals surface area contributed by atoms with Gasteiger partial charge in [0.15, 0.2) is 0 Å². The topological polar surface area (TPSA) is 40.5 Å². The van der Waals surface area contributed by atoms with E-state index in [9.17, 15) is 9.90 Å². The van der Waals surface area contributed by atoms with E-state index in [1.165, 1.54) is 24.0 Å². The molecule has 0 saturated heterocycles. The van der Waals surface area contributed by atoms with E-state index < -0.39 is 11.5 Å². The lowest BCUT2D eigenvalue weighted by atomic mass is 9.99. The number of carboxylic acid groups (broad SMARTS) is 1. The lowest BCUT2D eigenvalue weighted by molar-refractivity contribution is -0.148. The van der Waals surface area contributed by atoms with Crippen LogP contribution in [0.5, 0.6) is 0 Å². The number of nitrogens with zero attached hydrogens (tertiary/aromatic N) is 1. The van der Waals surface area contributed by atoms with Gasteiger partial charge in [0.2, 0.25) is 0 Å². The smallest absolute Gasteiger partial charge is 0.323 e. The molecular formula is C15H21NO2. The maximum atomic E-state index is 11.2. The maximum Gasteiger partial charge on any atom is 0.323 e. The van der Waals surface area contributed by atoms with Crippen molar-refractivity contribution in [2.75, 3.05) is 7.05 Å². The molecule has 0 aromatic heterocycles. The van der Waals surface area contributed by atoms with Crippen molar-refractivity contribution >= 4 is 5.97 Å². The SMILES string of the molecule is CN(Cc1ccccc1C1CC1)C(C)(C)C(=O)O. The molecule has 98 valence electrons. The van der Waals surface area contributed by atoms with Gasteiger partial charge in [0.25, 0.3) is 0 Å². The fraction of sp³-hybridized carbons (Fsp3) is 0.533. The summed E-state index contributed by atoms with van der Waals surface area (Å²) in [6.45, 7) is 4.18. The van der Waals surface area contributed by atoms with Crippen molar-refractivity contribution in [2.45, 2.75) is 44.7 Å². The Kier molecular flexibility index (Phi) is 3.44. The first kappa shape index (κ1) is 13.1. The van der Waals surface area contributed by atoms with Crippen LogP contribution in [0.3, 0.4) is 0 Å². The molecule has 18 heavy (non-hydrogen) atoms. The van der Waals surface area contributed by atoms with Crippen LogP contribution < -0.4 is 0 Å². The number of benzene rings is 1. The van der Waals surface area contributed by atoms with Crippen molar-refractivity contribution in [1.82, 2.24) is 4.90 Å². The second-order valence-electron chi connectivity index (χ2n) is 5.69. The molecule has 0 unspecified atom stereocenters. The summed E-state index contributed by atoms with van der Waals surface area (Å²) in [5.41, 5.74) is 1.82. The molecule has 1 aliphatic carbocycles. The van der Waals surface area contributed by atoms with Crippen molar-refractivity contribution in [2.24, 2.45) is 0 Å². The van der Waals surface area contributed by atoms with Gasteiger partial charge in [0.05, 0.1) is 0 Å². The van der Waals surface area contributed by atoms with Crippen molar-refractivity contribution in [3.05, 3.63) is 35.4 Å². The molecule has 1 aromatic rings. The molecule has 0 amide bonds. The molecule has 0 heterocycles. The molecule has 1 N–H and O–H groups in total.